The van der Waals surface area contributed by atoms with Crippen LogP contribution in [0.1, 0.15) is 0 Å². The first-order valence-corrected chi connectivity index (χ1v) is 5.49. The standard InChI is InChI=1S/C13H14N4O2/c1-15-7-4-11(18)13(14)12(19)5-8-17-10-3-2-6-16-9-10/h2-9,14-15,17H,1H3/b7-4+,8-5-,14-13?. The maximum Gasteiger partial charge on any atom is 0.208 e. The van der Waals surface area contributed by atoms with Gasteiger partial charge in [-0.25, -0.2) is 0 Å². The lowest BCUT2D eigenvalue weighted by atomic mass is 10.1. The van der Waals surface area contributed by atoms with Gasteiger partial charge < -0.3 is 10.6 Å². The zero-order valence-corrected chi connectivity index (χ0v) is 10.4. The van der Waals surface area contributed by atoms with E-state index in [1.165, 1.54) is 12.4 Å². The van der Waals surface area contributed by atoms with E-state index in [1.54, 1.807) is 31.6 Å². The smallest absolute Gasteiger partial charge is 0.208 e. The Kier molecular flexibility index (Phi) is 5.68. The molecule has 0 aliphatic rings. The van der Waals surface area contributed by atoms with E-state index in [0.29, 0.717) is 5.69 Å². The van der Waals surface area contributed by atoms with Crippen LogP contribution < -0.4 is 10.6 Å². The minimum atomic E-state index is -0.665. The van der Waals surface area contributed by atoms with E-state index < -0.39 is 17.3 Å². The highest BCUT2D eigenvalue weighted by Gasteiger charge is 2.12. The van der Waals surface area contributed by atoms with Crippen molar-refractivity contribution in [3.05, 3.63) is 49.1 Å². The van der Waals surface area contributed by atoms with E-state index in [-0.39, 0.29) is 0 Å². The Morgan fingerprint density at radius 2 is 1.95 bits per heavy atom. The number of rotatable bonds is 7. The van der Waals surface area contributed by atoms with Gasteiger partial charge in [-0.3, -0.25) is 20.0 Å². The zero-order chi connectivity index (χ0) is 14.1. The summed E-state index contributed by atoms with van der Waals surface area (Å²) in [5.41, 5.74) is 0.121. The number of aromatic nitrogens is 1. The van der Waals surface area contributed by atoms with Gasteiger partial charge in [0.05, 0.1) is 11.9 Å². The molecule has 0 saturated heterocycles. The third kappa shape index (κ3) is 4.95. The molecule has 0 aliphatic heterocycles. The molecule has 0 atom stereocenters. The van der Waals surface area contributed by atoms with Crippen LogP contribution in [-0.2, 0) is 9.59 Å². The Morgan fingerprint density at radius 3 is 2.53 bits per heavy atom. The van der Waals surface area contributed by atoms with Crippen LogP contribution in [0.15, 0.2) is 49.1 Å². The number of hydrogen-bond acceptors (Lipinski definition) is 6. The molecule has 1 aromatic heterocycles. The van der Waals surface area contributed by atoms with Crippen LogP contribution in [0.2, 0.25) is 0 Å². The molecule has 1 rings (SSSR count). The fraction of sp³-hybridized carbons (Fsp3) is 0.0769. The van der Waals surface area contributed by atoms with E-state index in [1.807, 2.05) is 0 Å². The fourth-order valence-corrected chi connectivity index (χ4v) is 1.11. The fourth-order valence-electron chi connectivity index (χ4n) is 1.11. The van der Waals surface area contributed by atoms with E-state index in [9.17, 15) is 9.59 Å². The normalized spacial score (nSPS) is 10.6. The van der Waals surface area contributed by atoms with E-state index in [4.69, 9.17) is 5.41 Å². The van der Waals surface area contributed by atoms with Gasteiger partial charge in [-0.05, 0) is 12.1 Å². The molecule has 0 spiro atoms. The average molecular weight is 258 g/mol. The quantitative estimate of drug-likeness (QED) is 0.383. The summed E-state index contributed by atoms with van der Waals surface area (Å²) >= 11 is 0. The highest BCUT2D eigenvalue weighted by molar-refractivity contribution is 6.69. The minimum Gasteiger partial charge on any atom is -0.394 e. The molecule has 1 aromatic rings. The molecule has 6 heteroatoms. The Morgan fingerprint density at radius 1 is 1.26 bits per heavy atom. The predicted molar refractivity (Wildman–Crippen MR) is 72.9 cm³/mol. The molecular weight excluding hydrogens is 244 g/mol. The van der Waals surface area contributed by atoms with Crippen LogP contribution in [0.25, 0.3) is 0 Å². The topological polar surface area (TPSA) is 94.9 Å². The maximum atomic E-state index is 11.5. The lowest BCUT2D eigenvalue weighted by molar-refractivity contribution is -0.112. The van der Waals surface area contributed by atoms with Crippen LogP contribution in [0.5, 0.6) is 0 Å². The van der Waals surface area contributed by atoms with Gasteiger partial charge in [0.25, 0.3) is 0 Å². The number of hydrogen-bond donors (Lipinski definition) is 3. The van der Waals surface area contributed by atoms with Gasteiger partial charge in [0.1, 0.15) is 5.71 Å². The Balaban J connectivity index is 2.53. The Hall–Kier alpha value is -2.76. The summed E-state index contributed by atoms with van der Waals surface area (Å²) in [6.07, 6.45) is 8.19. The zero-order valence-electron chi connectivity index (χ0n) is 10.4. The second-order valence-corrected chi connectivity index (χ2v) is 3.44. The molecule has 0 aromatic carbocycles. The van der Waals surface area contributed by atoms with Crippen molar-refractivity contribution in [3.8, 4) is 0 Å². The van der Waals surface area contributed by atoms with Gasteiger partial charge >= 0.3 is 0 Å². The van der Waals surface area contributed by atoms with Gasteiger partial charge in [-0.2, -0.15) is 0 Å². The molecule has 0 fully saturated rings. The molecule has 0 bridgehead atoms. The van der Waals surface area contributed by atoms with E-state index >= 15 is 0 Å². The van der Waals surface area contributed by atoms with Gasteiger partial charge in [0.15, 0.2) is 0 Å². The predicted octanol–water partition coefficient (Wildman–Crippen LogP) is 0.898. The SMILES string of the molecule is CN/C=C/C(=O)C(=N)C(=O)/C=C\Nc1cccnc1. The summed E-state index contributed by atoms with van der Waals surface area (Å²) in [7, 11) is 1.62. The number of allylic oxidation sites excluding steroid dienone is 2. The largest absolute Gasteiger partial charge is 0.394 e. The lowest BCUT2D eigenvalue weighted by Gasteiger charge is -1.98. The molecule has 19 heavy (non-hydrogen) atoms. The molecule has 3 N–H and O–H groups in total. The van der Waals surface area contributed by atoms with Gasteiger partial charge in [-0.15, -0.1) is 0 Å². The third-order valence-electron chi connectivity index (χ3n) is 2.04. The Labute approximate surface area is 110 Å². The third-order valence-corrected chi connectivity index (χ3v) is 2.04. The van der Waals surface area contributed by atoms with Crippen LogP contribution in [0, 0.1) is 5.41 Å². The van der Waals surface area contributed by atoms with Crippen molar-refractivity contribution >= 4 is 23.0 Å². The molecule has 0 unspecified atom stereocenters. The van der Waals surface area contributed by atoms with Crippen LogP contribution >= 0.6 is 0 Å². The van der Waals surface area contributed by atoms with E-state index in [0.717, 1.165) is 12.2 Å². The molecule has 0 aliphatic carbocycles. The number of ketones is 2. The number of carbonyl (C=O) groups is 2. The first kappa shape index (κ1) is 14.3. The van der Waals surface area contributed by atoms with Crippen molar-refractivity contribution in [3.63, 3.8) is 0 Å². The van der Waals surface area contributed by atoms with Crippen molar-refractivity contribution in [2.75, 3.05) is 12.4 Å². The molecule has 1 heterocycles. The van der Waals surface area contributed by atoms with Gasteiger partial charge in [0, 0.05) is 37.8 Å². The first-order valence-electron chi connectivity index (χ1n) is 5.49. The number of carbonyl (C=O) groups excluding carboxylic acids is 2. The van der Waals surface area contributed by atoms with Crippen molar-refractivity contribution in [1.29, 1.82) is 5.41 Å². The van der Waals surface area contributed by atoms with Crippen molar-refractivity contribution in [2.24, 2.45) is 0 Å². The van der Waals surface area contributed by atoms with Crippen LogP contribution in [0.4, 0.5) is 5.69 Å². The summed E-state index contributed by atoms with van der Waals surface area (Å²) in [6.45, 7) is 0. The van der Waals surface area contributed by atoms with Crippen molar-refractivity contribution in [1.82, 2.24) is 10.3 Å². The average Bonchev–Trinajstić information content (AvgIpc) is 2.44. The maximum absolute atomic E-state index is 11.5. The first-order chi connectivity index (χ1) is 9.15. The molecule has 6 nitrogen and oxygen atoms in total. The van der Waals surface area contributed by atoms with Crippen LogP contribution in [-0.4, -0.2) is 29.3 Å². The highest BCUT2D eigenvalue weighted by Crippen LogP contribution is 2.01. The monoisotopic (exact) mass is 258 g/mol. The molecule has 98 valence electrons. The number of pyridine rings is 1. The molecular formula is C13H14N4O2. The van der Waals surface area contributed by atoms with Gasteiger partial charge in [-0.1, -0.05) is 0 Å². The molecule has 0 radical (unpaired) electrons. The highest BCUT2D eigenvalue weighted by atomic mass is 16.1. The minimum absolute atomic E-state index is 0.587. The second kappa shape index (κ2) is 7.54. The lowest BCUT2D eigenvalue weighted by Crippen LogP contribution is -2.20. The summed E-state index contributed by atoms with van der Waals surface area (Å²) in [4.78, 5) is 26.7. The summed E-state index contributed by atoms with van der Waals surface area (Å²) in [5.74, 6) is -1.31. The molecule has 0 saturated carbocycles. The van der Waals surface area contributed by atoms with Crippen molar-refractivity contribution in [2.45, 2.75) is 0 Å². The second-order valence-electron chi connectivity index (χ2n) is 3.44. The summed E-state index contributed by atoms with van der Waals surface area (Å²) in [5, 5.41) is 12.8. The summed E-state index contributed by atoms with van der Waals surface area (Å²) < 4.78 is 0. The van der Waals surface area contributed by atoms with Crippen LogP contribution in [0.3, 0.4) is 0 Å². The number of nitrogens with one attached hydrogen (secondary N) is 3. The van der Waals surface area contributed by atoms with Crippen molar-refractivity contribution < 1.29 is 9.59 Å². The van der Waals surface area contributed by atoms with E-state index in [2.05, 4.69) is 15.6 Å². The number of anilines is 1. The number of nitrogens with zero attached hydrogens (tertiary/aromatic N) is 1. The summed E-state index contributed by atoms with van der Waals surface area (Å²) in [6, 6.07) is 3.51. The molecule has 0 amide bonds. The van der Waals surface area contributed by atoms with Gasteiger partial charge in [0.2, 0.25) is 11.6 Å². The Bertz CT molecular complexity index is 521.